The van der Waals surface area contributed by atoms with Crippen LogP contribution in [0.1, 0.15) is 18.2 Å². The van der Waals surface area contributed by atoms with E-state index in [0.29, 0.717) is 19.6 Å². The zero-order chi connectivity index (χ0) is 22.5. The zero-order valence-corrected chi connectivity index (χ0v) is 19.0. The Bertz CT molecular complexity index is 1100. The maximum Gasteiger partial charge on any atom is 0.240 e. The molecule has 2 amide bonds. The van der Waals surface area contributed by atoms with Crippen LogP contribution in [0.15, 0.2) is 59.6 Å². The van der Waals surface area contributed by atoms with E-state index in [0.717, 1.165) is 33.4 Å². The SMILES string of the molecule is CCOc1ccc(CCNC(=O)CN2C(=O)CSc3c2c(C)nn3-c2ccccc2)cc1. The minimum atomic E-state index is -0.186. The van der Waals surface area contributed by atoms with E-state index in [2.05, 4.69) is 10.4 Å². The number of carbonyl (C=O) groups excluding carboxylic acids is 2. The molecule has 0 aliphatic carbocycles. The van der Waals surface area contributed by atoms with Crippen LogP contribution < -0.4 is 15.0 Å². The van der Waals surface area contributed by atoms with E-state index in [9.17, 15) is 9.59 Å². The first-order valence-electron chi connectivity index (χ1n) is 10.6. The number of hydrogen-bond acceptors (Lipinski definition) is 5. The number of nitrogens with one attached hydrogen (secondary N) is 1. The van der Waals surface area contributed by atoms with E-state index in [1.165, 1.54) is 11.8 Å². The van der Waals surface area contributed by atoms with Crippen molar-refractivity contribution in [3.05, 3.63) is 65.9 Å². The lowest BCUT2D eigenvalue weighted by Crippen LogP contribution is -2.43. The summed E-state index contributed by atoms with van der Waals surface area (Å²) in [6.07, 6.45) is 0.707. The number of rotatable bonds is 8. The van der Waals surface area contributed by atoms with Gasteiger partial charge in [-0.1, -0.05) is 42.1 Å². The molecule has 3 aromatic rings. The Morgan fingerprint density at radius 3 is 2.62 bits per heavy atom. The predicted octanol–water partition coefficient (Wildman–Crippen LogP) is 3.38. The lowest BCUT2D eigenvalue weighted by atomic mass is 10.1. The van der Waals surface area contributed by atoms with Gasteiger partial charge in [-0.2, -0.15) is 5.10 Å². The summed E-state index contributed by atoms with van der Waals surface area (Å²) in [5, 5.41) is 8.45. The highest BCUT2D eigenvalue weighted by Crippen LogP contribution is 2.39. The highest BCUT2D eigenvalue weighted by atomic mass is 32.2. The number of anilines is 1. The number of ether oxygens (including phenoxy) is 1. The van der Waals surface area contributed by atoms with E-state index >= 15 is 0 Å². The Morgan fingerprint density at radius 2 is 1.91 bits per heavy atom. The molecule has 1 aliphatic heterocycles. The summed E-state index contributed by atoms with van der Waals surface area (Å²) in [5.41, 5.74) is 3.49. The molecule has 1 aliphatic rings. The van der Waals surface area contributed by atoms with Gasteiger partial charge in [0.15, 0.2) is 0 Å². The topological polar surface area (TPSA) is 76.5 Å². The monoisotopic (exact) mass is 450 g/mol. The quantitative estimate of drug-likeness (QED) is 0.569. The first kappa shape index (κ1) is 22.0. The molecule has 1 aromatic heterocycles. The standard InChI is InChI=1S/C24H26N4O3S/c1-3-31-20-11-9-18(10-12-20)13-14-25-21(29)15-27-22(30)16-32-24-23(27)17(2)26-28(24)19-7-5-4-6-8-19/h4-12H,3,13-16H2,1-2H3,(H,25,29). The van der Waals surface area contributed by atoms with Crippen LogP contribution in [0.4, 0.5) is 5.69 Å². The molecular formula is C24H26N4O3S. The van der Waals surface area contributed by atoms with Gasteiger partial charge in [-0.3, -0.25) is 14.5 Å². The first-order valence-corrected chi connectivity index (χ1v) is 11.6. The molecule has 32 heavy (non-hydrogen) atoms. The average Bonchev–Trinajstić information content (AvgIpc) is 3.14. The second-order valence-corrected chi connectivity index (χ2v) is 8.40. The maximum absolute atomic E-state index is 12.6. The summed E-state index contributed by atoms with van der Waals surface area (Å²) >= 11 is 1.46. The van der Waals surface area contributed by atoms with E-state index < -0.39 is 0 Å². The fourth-order valence-corrected chi connectivity index (χ4v) is 4.73. The molecule has 166 valence electrons. The number of para-hydroxylation sites is 1. The van der Waals surface area contributed by atoms with Gasteiger partial charge in [0, 0.05) is 6.54 Å². The van der Waals surface area contributed by atoms with Crippen LogP contribution in [0.5, 0.6) is 5.75 Å². The van der Waals surface area contributed by atoms with Crippen LogP contribution in [-0.2, 0) is 16.0 Å². The van der Waals surface area contributed by atoms with E-state index in [1.807, 2.05) is 73.1 Å². The normalized spacial score (nSPS) is 13.1. The van der Waals surface area contributed by atoms with E-state index in [4.69, 9.17) is 4.74 Å². The number of carbonyl (C=O) groups is 2. The molecule has 1 N–H and O–H groups in total. The molecule has 8 heteroatoms. The summed E-state index contributed by atoms with van der Waals surface area (Å²) in [4.78, 5) is 26.8. The van der Waals surface area contributed by atoms with Crippen molar-refractivity contribution in [3.63, 3.8) is 0 Å². The molecule has 0 saturated heterocycles. The van der Waals surface area contributed by atoms with Gasteiger partial charge >= 0.3 is 0 Å². The summed E-state index contributed by atoms with van der Waals surface area (Å²) in [7, 11) is 0. The second-order valence-electron chi connectivity index (χ2n) is 7.43. The number of aryl methyl sites for hydroxylation is 1. The lowest BCUT2D eigenvalue weighted by Gasteiger charge is -2.27. The van der Waals surface area contributed by atoms with Crippen LogP contribution in [0.25, 0.3) is 5.69 Å². The van der Waals surface area contributed by atoms with Gasteiger partial charge in [0.2, 0.25) is 11.8 Å². The van der Waals surface area contributed by atoms with E-state index in [1.54, 1.807) is 4.90 Å². The fourth-order valence-electron chi connectivity index (χ4n) is 3.65. The van der Waals surface area contributed by atoms with Crippen molar-refractivity contribution >= 4 is 29.3 Å². The molecule has 0 spiro atoms. The van der Waals surface area contributed by atoms with Gasteiger partial charge in [0.25, 0.3) is 0 Å². The van der Waals surface area contributed by atoms with Crippen molar-refractivity contribution in [1.29, 1.82) is 0 Å². The smallest absolute Gasteiger partial charge is 0.240 e. The van der Waals surface area contributed by atoms with Crippen molar-refractivity contribution in [1.82, 2.24) is 15.1 Å². The zero-order valence-electron chi connectivity index (χ0n) is 18.2. The molecule has 0 unspecified atom stereocenters. The molecule has 0 atom stereocenters. The number of amides is 2. The lowest BCUT2D eigenvalue weighted by molar-refractivity contribution is -0.122. The van der Waals surface area contributed by atoms with E-state index in [-0.39, 0.29) is 24.1 Å². The molecule has 0 saturated carbocycles. The molecule has 0 bridgehead atoms. The first-order chi connectivity index (χ1) is 15.6. The summed E-state index contributed by atoms with van der Waals surface area (Å²) in [5.74, 6) is 0.850. The third-order valence-electron chi connectivity index (χ3n) is 5.16. The Morgan fingerprint density at radius 1 is 1.16 bits per heavy atom. The van der Waals surface area contributed by atoms with Gasteiger partial charge in [0.1, 0.15) is 17.3 Å². The summed E-state index contributed by atoms with van der Waals surface area (Å²) in [6, 6.07) is 17.7. The van der Waals surface area contributed by atoms with Gasteiger partial charge < -0.3 is 10.1 Å². The Labute approximate surface area is 191 Å². The number of aromatic nitrogens is 2. The largest absolute Gasteiger partial charge is 0.494 e. The number of thioether (sulfide) groups is 1. The molecule has 0 fully saturated rings. The minimum absolute atomic E-state index is 0.0169. The second kappa shape index (κ2) is 9.91. The number of fused-ring (bicyclic) bond motifs is 1. The minimum Gasteiger partial charge on any atom is -0.494 e. The maximum atomic E-state index is 12.6. The number of hydrogen-bond donors (Lipinski definition) is 1. The Kier molecular flexibility index (Phi) is 6.80. The Hall–Kier alpha value is -3.26. The molecule has 4 rings (SSSR count). The third-order valence-corrected chi connectivity index (χ3v) is 6.19. The van der Waals surface area contributed by atoms with Crippen molar-refractivity contribution < 1.29 is 14.3 Å². The van der Waals surface area contributed by atoms with Crippen molar-refractivity contribution in [2.24, 2.45) is 0 Å². The number of benzene rings is 2. The summed E-state index contributed by atoms with van der Waals surface area (Å²) < 4.78 is 7.30. The van der Waals surface area contributed by atoms with Crippen LogP contribution in [0.2, 0.25) is 0 Å². The van der Waals surface area contributed by atoms with Crippen LogP contribution in [0, 0.1) is 6.92 Å². The number of nitrogens with zero attached hydrogens (tertiary/aromatic N) is 3. The predicted molar refractivity (Wildman–Crippen MR) is 126 cm³/mol. The molecule has 2 aromatic carbocycles. The molecule has 7 nitrogen and oxygen atoms in total. The van der Waals surface area contributed by atoms with Crippen molar-refractivity contribution in [3.8, 4) is 11.4 Å². The van der Waals surface area contributed by atoms with Crippen LogP contribution >= 0.6 is 11.8 Å². The third kappa shape index (κ3) is 4.80. The Balaban J connectivity index is 1.40. The van der Waals surface area contributed by atoms with Gasteiger partial charge in [-0.25, -0.2) is 4.68 Å². The highest BCUT2D eigenvalue weighted by molar-refractivity contribution is 8.00. The molecule has 0 radical (unpaired) electrons. The molecular weight excluding hydrogens is 424 g/mol. The van der Waals surface area contributed by atoms with Gasteiger partial charge in [-0.05, 0) is 50.1 Å². The van der Waals surface area contributed by atoms with Crippen molar-refractivity contribution in [2.45, 2.75) is 25.3 Å². The van der Waals surface area contributed by atoms with Crippen LogP contribution in [-0.4, -0.2) is 47.0 Å². The highest BCUT2D eigenvalue weighted by Gasteiger charge is 2.32. The van der Waals surface area contributed by atoms with Gasteiger partial charge in [-0.15, -0.1) is 0 Å². The molecule has 2 heterocycles. The fraction of sp³-hybridized carbons (Fsp3) is 0.292. The summed E-state index contributed by atoms with van der Waals surface area (Å²) in [6.45, 7) is 4.94. The van der Waals surface area contributed by atoms with Crippen molar-refractivity contribution in [2.75, 3.05) is 30.3 Å². The van der Waals surface area contributed by atoms with Crippen LogP contribution in [0.3, 0.4) is 0 Å². The van der Waals surface area contributed by atoms with Gasteiger partial charge in [0.05, 0.1) is 29.4 Å². The average molecular weight is 451 g/mol.